The standard InChI is InChI=1S/C17H24N4O2/c1-5-23-16-9-7-6-8-15(16)19-17(22)18-11-10-14-12(2)20-21(4)13(14)3/h6-9H,5,10-11H2,1-4H3,(H2,18,19,22). The Hall–Kier alpha value is -2.50. The highest BCUT2D eigenvalue weighted by Crippen LogP contribution is 2.23. The number of hydrogen-bond donors (Lipinski definition) is 2. The van der Waals surface area contributed by atoms with Crippen molar-refractivity contribution in [3.8, 4) is 5.75 Å². The highest BCUT2D eigenvalue weighted by atomic mass is 16.5. The number of aromatic nitrogens is 2. The molecule has 1 heterocycles. The van der Waals surface area contributed by atoms with Gasteiger partial charge in [-0.15, -0.1) is 0 Å². The molecular formula is C17H24N4O2. The molecular weight excluding hydrogens is 292 g/mol. The molecule has 1 aromatic carbocycles. The van der Waals surface area contributed by atoms with Gasteiger partial charge in [0.2, 0.25) is 0 Å². The third-order valence-corrected chi connectivity index (χ3v) is 3.75. The molecule has 0 saturated carbocycles. The van der Waals surface area contributed by atoms with Crippen molar-refractivity contribution in [2.45, 2.75) is 27.2 Å². The molecule has 2 rings (SSSR count). The largest absolute Gasteiger partial charge is 0.492 e. The number of nitrogens with zero attached hydrogens (tertiary/aromatic N) is 2. The molecule has 0 aliphatic carbocycles. The third-order valence-electron chi connectivity index (χ3n) is 3.75. The van der Waals surface area contributed by atoms with Gasteiger partial charge in [0.25, 0.3) is 0 Å². The van der Waals surface area contributed by atoms with E-state index in [1.54, 1.807) is 0 Å². The normalized spacial score (nSPS) is 10.4. The predicted molar refractivity (Wildman–Crippen MR) is 91.0 cm³/mol. The van der Waals surface area contributed by atoms with Crippen molar-refractivity contribution in [1.82, 2.24) is 15.1 Å². The van der Waals surface area contributed by atoms with E-state index in [1.807, 2.05) is 56.8 Å². The Balaban J connectivity index is 1.88. The summed E-state index contributed by atoms with van der Waals surface area (Å²) >= 11 is 0. The van der Waals surface area contributed by atoms with Crippen LogP contribution < -0.4 is 15.4 Å². The van der Waals surface area contributed by atoms with E-state index in [9.17, 15) is 4.79 Å². The first-order chi connectivity index (χ1) is 11.0. The van der Waals surface area contributed by atoms with E-state index in [0.29, 0.717) is 24.6 Å². The van der Waals surface area contributed by atoms with E-state index >= 15 is 0 Å². The number of carbonyl (C=O) groups excluding carboxylic acids is 1. The van der Waals surface area contributed by atoms with Gasteiger partial charge in [-0.25, -0.2) is 4.79 Å². The van der Waals surface area contributed by atoms with Crippen LogP contribution >= 0.6 is 0 Å². The molecule has 124 valence electrons. The lowest BCUT2D eigenvalue weighted by Crippen LogP contribution is -2.30. The lowest BCUT2D eigenvalue weighted by atomic mass is 10.1. The van der Waals surface area contributed by atoms with E-state index in [-0.39, 0.29) is 6.03 Å². The first-order valence-electron chi connectivity index (χ1n) is 7.78. The fourth-order valence-electron chi connectivity index (χ4n) is 2.50. The summed E-state index contributed by atoms with van der Waals surface area (Å²) in [4.78, 5) is 12.0. The first kappa shape index (κ1) is 16.9. The molecule has 2 N–H and O–H groups in total. The molecule has 6 heteroatoms. The number of rotatable bonds is 6. The summed E-state index contributed by atoms with van der Waals surface area (Å²) in [7, 11) is 1.93. The maximum absolute atomic E-state index is 12.0. The number of ether oxygens (including phenoxy) is 1. The van der Waals surface area contributed by atoms with E-state index in [4.69, 9.17) is 4.74 Å². The number of benzene rings is 1. The lowest BCUT2D eigenvalue weighted by molar-refractivity contribution is 0.252. The maximum Gasteiger partial charge on any atom is 0.319 e. The lowest BCUT2D eigenvalue weighted by Gasteiger charge is -2.12. The second-order valence-corrected chi connectivity index (χ2v) is 5.33. The molecule has 2 amide bonds. The second kappa shape index (κ2) is 7.67. The number of amides is 2. The van der Waals surface area contributed by atoms with Gasteiger partial charge >= 0.3 is 6.03 Å². The smallest absolute Gasteiger partial charge is 0.319 e. The molecule has 0 unspecified atom stereocenters. The molecule has 0 spiro atoms. The topological polar surface area (TPSA) is 68.2 Å². The van der Waals surface area contributed by atoms with Crippen LogP contribution in [-0.2, 0) is 13.5 Å². The zero-order chi connectivity index (χ0) is 16.8. The van der Waals surface area contributed by atoms with E-state index in [0.717, 1.165) is 17.8 Å². The number of aryl methyl sites for hydroxylation is 2. The zero-order valence-electron chi connectivity index (χ0n) is 14.1. The summed E-state index contributed by atoms with van der Waals surface area (Å²) in [6.45, 7) is 7.04. The van der Waals surface area contributed by atoms with Crippen LogP contribution in [0.4, 0.5) is 10.5 Å². The number of para-hydroxylation sites is 2. The number of carbonyl (C=O) groups is 1. The molecule has 0 atom stereocenters. The van der Waals surface area contributed by atoms with Gasteiger partial charge in [-0.3, -0.25) is 4.68 Å². The maximum atomic E-state index is 12.0. The van der Waals surface area contributed by atoms with Gasteiger partial charge in [-0.1, -0.05) is 12.1 Å². The summed E-state index contributed by atoms with van der Waals surface area (Å²) in [5.74, 6) is 0.670. The fraction of sp³-hybridized carbons (Fsp3) is 0.412. The average Bonchev–Trinajstić information content (AvgIpc) is 2.76. The number of urea groups is 1. The Labute approximate surface area is 136 Å². The molecule has 1 aromatic heterocycles. The van der Waals surface area contributed by atoms with Crippen molar-refractivity contribution in [2.75, 3.05) is 18.5 Å². The summed E-state index contributed by atoms with van der Waals surface area (Å²) < 4.78 is 7.36. The Bertz CT molecular complexity index is 679. The number of hydrogen-bond acceptors (Lipinski definition) is 3. The fourth-order valence-corrected chi connectivity index (χ4v) is 2.50. The summed E-state index contributed by atoms with van der Waals surface area (Å²) in [5.41, 5.74) is 3.99. The molecule has 23 heavy (non-hydrogen) atoms. The molecule has 2 aromatic rings. The Kier molecular flexibility index (Phi) is 5.62. The van der Waals surface area contributed by atoms with Crippen LogP contribution in [0.5, 0.6) is 5.75 Å². The Morgan fingerprint density at radius 1 is 1.30 bits per heavy atom. The highest BCUT2D eigenvalue weighted by molar-refractivity contribution is 5.90. The molecule has 0 bridgehead atoms. The van der Waals surface area contributed by atoms with E-state index in [2.05, 4.69) is 15.7 Å². The van der Waals surface area contributed by atoms with Gasteiger partial charge in [0.15, 0.2) is 0 Å². The van der Waals surface area contributed by atoms with Gasteiger partial charge in [-0.05, 0) is 44.9 Å². The first-order valence-corrected chi connectivity index (χ1v) is 7.78. The molecule has 0 fully saturated rings. The number of nitrogens with one attached hydrogen (secondary N) is 2. The van der Waals surface area contributed by atoms with Crippen molar-refractivity contribution in [3.63, 3.8) is 0 Å². The Morgan fingerprint density at radius 3 is 2.70 bits per heavy atom. The molecule has 6 nitrogen and oxygen atoms in total. The summed E-state index contributed by atoms with van der Waals surface area (Å²) in [6, 6.07) is 7.15. The Morgan fingerprint density at radius 2 is 2.04 bits per heavy atom. The third kappa shape index (κ3) is 4.25. The van der Waals surface area contributed by atoms with Crippen molar-refractivity contribution in [2.24, 2.45) is 7.05 Å². The minimum Gasteiger partial charge on any atom is -0.492 e. The van der Waals surface area contributed by atoms with Crippen LogP contribution in [-0.4, -0.2) is 29.0 Å². The predicted octanol–water partition coefficient (Wildman–Crippen LogP) is 2.80. The van der Waals surface area contributed by atoms with Gasteiger partial charge in [0.1, 0.15) is 5.75 Å². The van der Waals surface area contributed by atoms with Crippen LogP contribution in [0.25, 0.3) is 0 Å². The highest BCUT2D eigenvalue weighted by Gasteiger charge is 2.10. The van der Waals surface area contributed by atoms with Crippen LogP contribution in [0.15, 0.2) is 24.3 Å². The minimum atomic E-state index is -0.239. The zero-order valence-corrected chi connectivity index (χ0v) is 14.1. The van der Waals surface area contributed by atoms with Crippen molar-refractivity contribution < 1.29 is 9.53 Å². The molecule has 0 saturated heterocycles. The van der Waals surface area contributed by atoms with E-state index < -0.39 is 0 Å². The van der Waals surface area contributed by atoms with Gasteiger partial charge in [0.05, 0.1) is 18.0 Å². The quantitative estimate of drug-likeness (QED) is 0.861. The van der Waals surface area contributed by atoms with Gasteiger partial charge < -0.3 is 15.4 Å². The van der Waals surface area contributed by atoms with Gasteiger partial charge in [-0.2, -0.15) is 5.10 Å². The van der Waals surface area contributed by atoms with Crippen LogP contribution in [0.3, 0.4) is 0 Å². The van der Waals surface area contributed by atoms with E-state index in [1.165, 1.54) is 5.56 Å². The van der Waals surface area contributed by atoms with Gasteiger partial charge in [0, 0.05) is 19.3 Å². The minimum absolute atomic E-state index is 0.239. The monoisotopic (exact) mass is 316 g/mol. The number of anilines is 1. The molecule has 0 radical (unpaired) electrons. The SMILES string of the molecule is CCOc1ccccc1NC(=O)NCCc1c(C)nn(C)c1C. The summed E-state index contributed by atoms with van der Waals surface area (Å²) in [5, 5.41) is 10.1. The van der Waals surface area contributed by atoms with Crippen molar-refractivity contribution >= 4 is 11.7 Å². The molecule has 0 aliphatic heterocycles. The van der Waals surface area contributed by atoms with Crippen molar-refractivity contribution in [1.29, 1.82) is 0 Å². The second-order valence-electron chi connectivity index (χ2n) is 5.33. The molecule has 0 aliphatic rings. The summed E-state index contributed by atoms with van der Waals surface area (Å²) in [6.07, 6.45) is 0.756. The van der Waals surface area contributed by atoms with Crippen molar-refractivity contribution in [3.05, 3.63) is 41.2 Å². The van der Waals surface area contributed by atoms with Crippen LogP contribution in [0, 0.1) is 13.8 Å². The van der Waals surface area contributed by atoms with Crippen LogP contribution in [0.2, 0.25) is 0 Å². The average molecular weight is 316 g/mol. The van der Waals surface area contributed by atoms with Crippen LogP contribution in [0.1, 0.15) is 23.9 Å².